The molecule has 82 valence electrons. The monoisotopic (exact) mass is 207 g/mol. The average molecular weight is 207 g/mol. The van der Waals surface area contributed by atoms with Gasteiger partial charge in [-0.3, -0.25) is 5.43 Å². The van der Waals surface area contributed by atoms with Gasteiger partial charge in [-0.25, -0.2) is 5.43 Å². The van der Waals surface area contributed by atoms with Crippen LogP contribution in [0.25, 0.3) is 0 Å². The zero-order valence-corrected chi connectivity index (χ0v) is 8.65. The van der Waals surface area contributed by atoms with Gasteiger partial charge in [0.15, 0.2) is 0 Å². The highest BCUT2D eigenvalue weighted by Crippen LogP contribution is 2.04. The van der Waals surface area contributed by atoms with Gasteiger partial charge in [0.2, 0.25) is 0 Å². The van der Waals surface area contributed by atoms with E-state index in [0.717, 1.165) is 6.42 Å². The number of hydrogen-bond donors (Lipinski definition) is 3. The Morgan fingerprint density at radius 2 is 2.07 bits per heavy atom. The van der Waals surface area contributed by atoms with Crippen LogP contribution in [-0.2, 0) is 11.3 Å². The Morgan fingerprint density at radius 3 is 2.73 bits per heavy atom. The SMILES string of the molecule is NC1CC(COCc2ccccc2)NN1. The molecule has 1 fully saturated rings. The minimum absolute atomic E-state index is 0.0512. The molecule has 1 aliphatic heterocycles. The molecule has 0 aliphatic carbocycles. The number of nitrogens with two attached hydrogens (primary N) is 1. The van der Waals surface area contributed by atoms with Gasteiger partial charge in [-0.05, 0) is 12.0 Å². The number of hydrogen-bond acceptors (Lipinski definition) is 4. The van der Waals surface area contributed by atoms with Crippen molar-refractivity contribution >= 4 is 0 Å². The van der Waals surface area contributed by atoms with Crippen LogP contribution < -0.4 is 16.6 Å². The van der Waals surface area contributed by atoms with Gasteiger partial charge in [-0.15, -0.1) is 0 Å². The summed E-state index contributed by atoms with van der Waals surface area (Å²) in [5.74, 6) is 0. The van der Waals surface area contributed by atoms with Crippen LogP contribution in [0.5, 0.6) is 0 Å². The molecular weight excluding hydrogens is 190 g/mol. The van der Waals surface area contributed by atoms with Crippen LogP contribution in [0.2, 0.25) is 0 Å². The Hall–Kier alpha value is -0.940. The van der Waals surface area contributed by atoms with Crippen LogP contribution >= 0.6 is 0 Å². The van der Waals surface area contributed by atoms with E-state index in [4.69, 9.17) is 10.5 Å². The van der Waals surface area contributed by atoms with Crippen LogP contribution in [0.15, 0.2) is 30.3 Å². The Kier molecular flexibility index (Phi) is 3.69. The van der Waals surface area contributed by atoms with E-state index in [9.17, 15) is 0 Å². The van der Waals surface area contributed by atoms with E-state index < -0.39 is 0 Å². The first kappa shape index (κ1) is 10.6. The van der Waals surface area contributed by atoms with Gasteiger partial charge in [0.1, 0.15) is 0 Å². The van der Waals surface area contributed by atoms with E-state index in [1.54, 1.807) is 0 Å². The lowest BCUT2D eigenvalue weighted by Gasteiger charge is -2.09. The summed E-state index contributed by atoms with van der Waals surface area (Å²) in [6.45, 7) is 1.35. The second-order valence-electron chi connectivity index (χ2n) is 3.83. The van der Waals surface area contributed by atoms with Crippen molar-refractivity contribution in [1.29, 1.82) is 0 Å². The third-order valence-electron chi connectivity index (χ3n) is 2.44. The van der Waals surface area contributed by atoms with E-state index in [1.807, 2.05) is 18.2 Å². The highest BCUT2D eigenvalue weighted by molar-refractivity contribution is 5.13. The summed E-state index contributed by atoms with van der Waals surface area (Å²) in [4.78, 5) is 0. The number of benzene rings is 1. The molecule has 2 rings (SSSR count). The largest absolute Gasteiger partial charge is 0.375 e. The molecule has 1 heterocycles. The van der Waals surface area contributed by atoms with Gasteiger partial charge < -0.3 is 10.5 Å². The van der Waals surface area contributed by atoms with Gasteiger partial charge in [-0.2, -0.15) is 0 Å². The van der Waals surface area contributed by atoms with Crippen LogP contribution in [0.4, 0.5) is 0 Å². The molecule has 0 bridgehead atoms. The van der Waals surface area contributed by atoms with Gasteiger partial charge in [-0.1, -0.05) is 30.3 Å². The molecule has 1 saturated heterocycles. The molecule has 1 aliphatic rings. The smallest absolute Gasteiger partial charge is 0.0717 e. The standard InChI is InChI=1S/C11H17N3O/c12-11-6-10(13-14-11)8-15-7-9-4-2-1-3-5-9/h1-5,10-11,13-14H,6-8,12H2. The first-order chi connectivity index (χ1) is 7.34. The molecule has 0 amide bonds. The molecule has 0 spiro atoms. The summed E-state index contributed by atoms with van der Waals surface area (Å²) in [6, 6.07) is 10.5. The van der Waals surface area contributed by atoms with Crippen LogP contribution in [0.3, 0.4) is 0 Å². The molecule has 4 nitrogen and oxygen atoms in total. The van der Waals surface area contributed by atoms with Crippen molar-refractivity contribution < 1.29 is 4.74 Å². The molecule has 1 aromatic carbocycles. The van der Waals surface area contributed by atoms with E-state index in [0.29, 0.717) is 19.3 Å². The van der Waals surface area contributed by atoms with E-state index >= 15 is 0 Å². The van der Waals surface area contributed by atoms with Crippen molar-refractivity contribution in [2.24, 2.45) is 5.73 Å². The summed E-state index contributed by atoms with van der Waals surface area (Å²) in [6.07, 6.45) is 0.963. The van der Waals surface area contributed by atoms with Crippen molar-refractivity contribution in [3.05, 3.63) is 35.9 Å². The highest BCUT2D eigenvalue weighted by Gasteiger charge is 2.19. The van der Waals surface area contributed by atoms with Gasteiger partial charge in [0, 0.05) is 6.04 Å². The Balaban J connectivity index is 1.67. The summed E-state index contributed by atoms with van der Waals surface area (Å²) in [5.41, 5.74) is 12.9. The van der Waals surface area contributed by atoms with Crippen molar-refractivity contribution in [2.45, 2.75) is 25.2 Å². The molecular formula is C11H17N3O. The lowest BCUT2D eigenvalue weighted by atomic mass is 10.2. The fourth-order valence-corrected chi connectivity index (χ4v) is 1.65. The number of nitrogens with one attached hydrogen (secondary N) is 2. The van der Waals surface area contributed by atoms with Crippen LogP contribution in [0, 0.1) is 0 Å². The van der Waals surface area contributed by atoms with Gasteiger partial charge in [0.25, 0.3) is 0 Å². The zero-order chi connectivity index (χ0) is 10.5. The predicted molar refractivity (Wildman–Crippen MR) is 58.7 cm³/mol. The summed E-state index contributed by atoms with van der Waals surface area (Å²) in [5, 5.41) is 0. The lowest BCUT2D eigenvalue weighted by Crippen LogP contribution is -2.38. The normalized spacial score (nSPS) is 25.7. The van der Waals surface area contributed by atoms with E-state index in [1.165, 1.54) is 5.56 Å². The maximum Gasteiger partial charge on any atom is 0.0717 e. The quantitative estimate of drug-likeness (QED) is 0.667. The van der Waals surface area contributed by atoms with E-state index in [2.05, 4.69) is 23.0 Å². The Labute approximate surface area is 89.8 Å². The summed E-state index contributed by atoms with van der Waals surface area (Å²) >= 11 is 0. The minimum atomic E-state index is 0.0512. The molecule has 2 unspecified atom stereocenters. The molecule has 15 heavy (non-hydrogen) atoms. The minimum Gasteiger partial charge on any atom is -0.375 e. The average Bonchev–Trinajstić information content (AvgIpc) is 2.66. The molecule has 2 atom stereocenters. The fraction of sp³-hybridized carbons (Fsp3) is 0.455. The fourth-order valence-electron chi connectivity index (χ4n) is 1.65. The van der Waals surface area contributed by atoms with Crippen molar-refractivity contribution in [2.75, 3.05) is 6.61 Å². The number of ether oxygens (including phenoxy) is 1. The molecule has 0 saturated carbocycles. The first-order valence-corrected chi connectivity index (χ1v) is 5.23. The lowest BCUT2D eigenvalue weighted by molar-refractivity contribution is 0.102. The van der Waals surface area contributed by atoms with Gasteiger partial charge in [0.05, 0.1) is 19.4 Å². The predicted octanol–water partition coefficient (Wildman–Crippen LogP) is 0.354. The Bertz CT molecular complexity index is 291. The maximum atomic E-state index is 5.68. The third-order valence-corrected chi connectivity index (χ3v) is 2.44. The maximum absolute atomic E-state index is 5.68. The molecule has 0 radical (unpaired) electrons. The highest BCUT2D eigenvalue weighted by atomic mass is 16.5. The molecule has 0 aromatic heterocycles. The zero-order valence-electron chi connectivity index (χ0n) is 8.65. The third kappa shape index (κ3) is 3.28. The topological polar surface area (TPSA) is 59.3 Å². The van der Waals surface area contributed by atoms with E-state index in [-0.39, 0.29) is 6.17 Å². The first-order valence-electron chi connectivity index (χ1n) is 5.23. The van der Waals surface area contributed by atoms with Crippen LogP contribution in [0.1, 0.15) is 12.0 Å². The molecule has 1 aromatic rings. The van der Waals surface area contributed by atoms with Gasteiger partial charge >= 0.3 is 0 Å². The molecule has 4 N–H and O–H groups in total. The molecule has 4 heteroatoms. The summed E-state index contributed by atoms with van der Waals surface area (Å²) < 4.78 is 5.59. The van der Waals surface area contributed by atoms with Crippen molar-refractivity contribution in [3.63, 3.8) is 0 Å². The van der Waals surface area contributed by atoms with Crippen molar-refractivity contribution in [1.82, 2.24) is 10.9 Å². The second kappa shape index (κ2) is 5.23. The number of hydrazine groups is 1. The second-order valence-corrected chi connectivity index (χ2v) is 3.83. The summed E-state index contributed by atoms with van der Waals surface area (Å²) in [7, 11) is 0. The van der Waals surface area contributed by atoms with Crippen molar-refractivity contribution in [3.8, 4) is 0 Å². The Morgan fingerprint density at radius 1 is 1.27 bits per heavy atom. The van der Waals surface area contributed by atoms with Crippen LogP contribution in [-0.4, -0.2) is 18.8 Å². The number of rotatable bonds is 4.